The van der Waals surface area contributed by atoms with Gasteiger partial charge in [-0.3, -0.25) is 0 Å². The van der Waals surface area contributed by atoms with Crippen molar-refractivity contribution in [1.29, 1.82) is 0 Å². The molecule has 2 spiro atoms. The number of thiophene rings is 2. The van der Waals surface area contributed by atoms with Crippen LogP contribution in [-0.4, -0.2) is 9.13 Å². The molecule has 10 aromatic carbocycles. The Morgan fingerprint density at radius 3 is 0.772 bits per heavy atom. The minimum absolute atomic E-state index is 0.0456. The fraction of sp³-hybridized carbons (Fsp3) is 0.209. The standard InChI is InChI=1S/C86H76N4S2/c1-81(2,3)53-39-43-69-59(47-53)60-48-54(82(4,5)6)40-44-70(60)89(69)77-51-67-79(91-77)86(65-33-21-25-37-75(65)88(58-29-17-14-18-30-58)76-38-26-22-34-66(76)86)68-52-78(90-71-45-41-55(83(7,8)9)49-61(71)62-50-56(84(10,11)12)42-46-72(62)90)92-80(68)85(67)63-31-19-23-35-73(63)87(57-27-15-13-16-28-57)74-36-24-20-32-64(74)85/h13-52H,1-12H3. The zero-order chi connectivity index (χ0) is 63.2. The second-order valence-electron chi connectivity index (χ2n) is 30.2. The molecule has 0 amide bonds. The average Bonchev–Trinajstić information content (AvgIpc) is 1.27. The number of aromatic nitrogens is 2. The van der Waals surface area contributed by atoms with Crippen LogP contribution >= 0.6 is 22.7 Å². The highest BCUT2D eigenvalue weighted by molar-refractivity contribution is 7.16. The number of fused-ring (bicyclic) bond motifs is 20. The molecule has 0 atom stereocenters. The normalized spacial score (nSPS) is 14.9. The van der Waals surface area contributed by atoms with Crippen molar-refractivity contribution in [3.8, 4) is 10.0 Å². The minimum Gasteiger partial charge on any atom is -0.310 e. The number of nitrogens with zero attached hydrogens (tertiary/aromatic N) is 4. The van der Waals surface area contributed by atoms with E-state index >= 15 is 0 Å². The Morgan fingerprint density at radius 2 is 0.511 bits per heavy atom. The smallest absolute Gasteiger partial charge is 0.101 e. The molecule has 0 bridgehead atoms. The summed E-state index contributed by atoms with van der Waals surface area (Å²) in [5, 5.41) is 7.53. The Hall–Kier alpha value is -9.20. The molecule has 2 aliphatic heterocycles. The summed E-state index contributed by atoms with van der Waals surface area (Å²) in [7, 11) is 0. The van der Waals surface area contributed by atoms with E-state index < -0.39 is 10.8 Å². The Kier molecular flexibility index (Phi) is 12.1. The number of anilines is 6. The van der Waals surface area contributed by atoms with E-state index in [-0.39, 0.29) is 21.7 Å². The van der Waals surface area contributed by atoms with Crippen LogP contribution in [0, 0.1) is 0 Å². The van der Waals surface area contributed by atoms with Gasteiger partial charge in [0.1, 0.15) is 10.0 Å². The van der Waals surface area contributed by atoms with Gasteiger partial charge < -0.3 is 18.9 Å². The number of para-hydroxylation sites is 6. The van der Waals surface area contributed by atoms with Gasteiger partial charge in [0.05, 0.1) is 55.6 Å². The van der Waals surface area contributed by atoms with E-state index in [0.29, 0.717) is 0 Å². The van der Waals surface area contributed by atoms with Crippen molar-refractivity contribution in [2.24, 2.45) is 0 Å². The van der Waals surface area contributed by atoms with Gasteiger partial charge in [-0.25, -0.2) is 0 Å². The van der Waals surface area contributed by atoms with Crippen molar-refractivity contribution in [2.75, 3.05) is 9.80 Å². The maximum Gasteiger partial charge on any atom is 0.101 e. The molecular weight excluding hydrogens is 1150 g/mol. The molecule has 4 nitrogen and oxygen atoms in total. The highest BCUT2D eigenvalue weighted by Gasteiger charge is 2.61. The van der Waals surface area contributed by atoms with E-state index in [1.807, 2.05) is 22.7 Å². The van der Waals surface area contributed by atoms with E-state index in [9.17, 15) is 0 Å². The first-order valence-electron chi connectivity index (χ1n) is 32.7. The van der Waals surface area contributed by atoms with Crippen LogP contribution in [0.5, 0.6) is 0 Å². The van der Waals surface area contributed by atoms with Crippen LogP contribution in [0.3, 0.4) is 0 Å². The van der Waals surface area contributed by atoms with Crippen LogP contribution in [0.4, 0.5) is 34.1 Å². The molecular formula is C86H76N4S2. The van der Waals surface area contributed by atoms with E-state index in [4.69, 9.17) is 0 Å². The maximum absolute atomic E-state index is 2.67. The fourth-order valence-corrected chi connectivity index (χ4v) is 19.0. The van der Waals surface area contributed by atoms with Crippen LogP contribution in [0.2, 0.25) is 0 Å². The van der Waals surface area contributed by atoms with Gasteiger partial charge in [-0.15, -0.1) is 22.7 Å². The van der Waals surface area contributed by atoms with Gasteiger partial charge in [0.25, 0.3) is 0 Å². The molecule has 1 aliphatic carbocycles. The number of hydrogen-bond donors (Lipinski definition) is 0. The molecule has 17 rings (SSSR count). The summed E-state index contributed by atoms with van der Waals surface area (Å²) < 4.78 is 5.27. The lowest BCUT2D eigenvalue weighted by Crippen LogP contribution is -2.47. The SMILES string of the molecule is CC(C)(C)c1ccc2c(c1)c1cc(C(C)(C)C)ccc1n2-c1cc2c(s1)C1(c3ccccc3N(c3ccccc3)c3ccccc31)c1cc(-n3c4ccc(C(C)(C)C)cc4c4cc(C(C)(C)C)ccc43)sc1C21c2ccccc2N(c2ccccc2)c2ccccc21. The van der Waals surface area contributed by atoms with Crippen LogP contribution in [0.25, 0.3) is 53.6 Å². The predicted molar refractivity (Wildman–Crippen MR) is 392 cm³/mol. The second-order valence-corrected chi connectivity index (χ2v) is 32.2. The van der Waals surface area contributed by atoms with Crippen molar-refractivity contribution in [3.05, 3.63) is 308 Å². The summed E-state index contributed by atoms with van der Waals surface area (Å²) in [5.41, 5.74) is 23.0. The van der Waals surface area contributed by atoms with Crippen molar-refractivity contribution >= 4 is 100 Å². The lowest BCUT2D eigenvalue weighted by Gasteiger charge is -2.53. The highest BCUT2D eigenvalue weighted by Crippen LogP contribution is 2.71. The van der Waals surface area contributed by atoms with E-state index in [1.165, 1.54) is 142 Å². The summed E-state index contributed by atoms with van der Waals surface area (Å²) in [5.74, 6) is 0. The lowest BCUT2D eigenvalue weighted by molar-refractivity contribution is 0.590. The average molecular weight is 1230 g/mol. The van der Waals surface area contributed by atoms with E-state index in [2.05, 4.69) is 345 Å². The third kappa shape index (κ3) is 7.93. The monoisotopic (exact) mass is 1230 g/mol. The summed E-state index contributed by atoms with van der Waals surface area (Å²) in [6.45, 7) is 28.1. The summed E-state index contributed by atoms with van der Waals surface area (Å²) in [4.78, 5) is 7.72. The Labute approximate surface area is 549 Å². The molecule has 0 saturated heterocycles. The molecule has 4 aromatic heterocycles. The van der Waals surface area contributed by atoms with Gasteiger partial charge in [-0.2, -0.15) is 0 Å². The third-order valence-electron chi connectivity index (χ3n) is 20.6. The predicted octanol–water partition coefficient (Wildman–Crippen LogP) is 23.8. The van der Waals surface area contributed by atoms with Crippen molar-refractivity contribution < 1.29 is 0 Å². The fourth-order valence-electron chi connectivity index (χ4n) is 16.0. The Morgan fingerprint density at radius 1 is 0.261 bits per heavy atom. The van der Waals surface area contributed by atoms with Crippen molar-refractivity contribution in [3.63, 3.8) is 0 Å². The van der Waals surface area contributed by atoms with Crippen LogP contribution in [0.15, 0.2) is 243 Å². The quantitative estimate of drug-likeness (QED) is 0.175. The molecule has 6 heterocycles. The van der Waals surface area contributed by atoms with E-state index in [0.717, 1.165) is 11.4 Å². The van der Waals surface area contributed by atoms with E-state index in [1.54, 1.807) is 0 Å². The number of benzene rings is 10. The Bertz CT molecular complexity index is 4730. The molecule has 0 N–H and O–H groups in total. The van der Waals surface area contributed by atoms with Gasteiger partial charge in [0.2, 0.25) is 0 Å². The zero-order valence-electron chi connectivity index (χ0n) is 54.7. The largest absolute Gasteiger partial charge is 0.310 e. The van der Waals surface area contributed by atoms with Gasteiger partial charge in [-0.05, 0) is 186 Å². The third-order valence-corrected chi connectivity index (χ3v) is 23.1. The first-order chi connectivity index (χ1) is 44.2. The topological polar surface area (TPSA) is 16.3 Å². The molecule has 14 aromatic rings. The van der Waals surface area contributed by atoms with Gasteiger partial charge in [0, 0.05) is 42.7 Å². The second kappa shape index (κ2) is 19.7. The first-order valence-corrected chi connectivity index (χ1v) is 34.4. The van der Waals surface area contributed by atoms with Crippen LogP contribution < -0.4 is 9.80 Å². The van der Waals surface area contributed by atoms with Crippen LogP contribution in [0.1, 0.15) is 148 Å². The minimum atomic E-state index is -0.832. The molecule has 452 valence electrons. The van der Waals surface area contributed by atoms with Crippen molar-refractivity contribution in [2.45, 2.75) is 116 Å². The molecule has 0 radical (unpaired) electrons. The molecule has 92 heavy (non-hydrogen) atoms. The number of hydrogen-bond acceptors (Lipinski definition) is 4. The highest BCUT2D eigenvalue weighted by atomic mass is 32.1. The molecule has 3 aliphatic rings. The van der Waals surface area contributed by atoms with Gasteiger partial charge >= 0.3 is 0 Å². The van der Waals surface area contributed by atoms with Crippen LogP contribution in [-0.2, 0) is 32.5 Å². The van der Waals surface area contributed by atoms with Gasteiger partial charge in [-0.1, -0.05) is 217 Å². The molecule has 0 unspecified atom stereocenters. The summed E-state index contributed by atoms with van der Waals surface area (Å²) >= 11 is 4.00. The molecule has 0 saturated carbocycles. The summed E-state index contributed by atoms with van der Waals surface area (Å²) in [6, 6.07) is 94.2. The molecule has 0 fully saturated rings. The lowest BCUT2D eigenvalue weighted by atomic mass is 9.53. The molecule has 6 heteroatoms. The maximum atomic E-state index is 2.67. The number of rotatable bonds is 4. The first kappa shape index (κ1) is 56.8. The zero-order valence-corrected chi connectivity index (χ0v) is 56.3. The Balaban J connectivity index is 1.08. The summed E-state index contributed by atoms with van der Waals surface area (Å²) in [6.07, 6.45) is 0. The van der Waals surface area contributed by atoms with Crippen molar-refractivity contribution in [1.82, 2.24) is 9.13 Å². The van der Waals surface area contributed by atoms with Gasteiger partial charge in [0.15, 0.2) is 0 Å².